The highest BCUT2D eigenvalue weighted by molar-refractivity contribution is 7.92. The minimum atomic E-state index is -4.26. The molecule has 8 nitrogen and oxygen atoms in total. The van der Waals surface area contributed by atoms with E-state index in [1.165, 1.54) is 30.2 Å². The minimum absolute atomic E-state index is 0.0106. The Hall–Kier alpha value is -3.27. The summed E-state index contributed by atoms with van der Waals surface area (Å²) in [5.41, 5.74) is 0.737. The summed E-state index contributed by atoms with van der Waals surface area (Å²) >= 11 is 12.8. The van der Waals surface area contributed by atoms with Crippen LogP contribution in [0.2, 0.25) is 10.0 Å². The van der Waals surface area contributed by atoms with Gasteiger partial charge in [0.15, 0.2) is 0 Å². The van der Waals surface area contributed by atoms with Gasteiger partial charge in [-0.05, 0) is 61.2 Å². The fourth-order valence-corrected chi connectivity index (χ4v) is 6.99. The lowest BCUT2D eigenvalue weighted by atomic mass is 10.1. The lowest BCUT2D eigenvalue weighted by Gasteiger charge is -2.34. The van der Waals surface area contributed by atoms with Crippen LogP contribution in [-0.2, 0) is 26.2 Å². The largest absolute Gasteiger partial charge is 0.495 e. The van der Waals surface area contributed by atoms with Gasteiger partial charge in [-0.3, -0.25) is 13.9 Å². The first-order valence-electron chi connectivity index (χ1n) is 13.9. The molecule has 2 amide bonds. The Kier molecular flexibility index (Phi) is 10.8. The number of halogens is 2. The topological polar surface area (TPSA) is 96.0 Å². The van der Waals surface area contributed by atoms with E-state index in [1.54, 1.807) is 54.6 Å². The Bertz CT molecular complexity index is 1500. The third-order valence-electron chi connectivity index (χ3n) is 7.41. The number of nitrogens with zero attached hydrogens (tertiary/aromatic N) is 2. The van der Waals surface area contributed by atoms with Crippen LogP contribution in [0.5, 0.6) is 5.75 Å². The molecule has 0 saturated heterocycles. The first kappa shape index (κ1) is 31.7. The Labute approximate surface area is 257 Å². The molecule has 0 radical (unpaired) electrons. The standard InChI is InChI=1S/C31H35Cl2N3O5S/c1-3-27(31(38)34-24-12-8-9-13-24)35(20-22-11-7-10-16-26(22)33)30(37)21-36(28-19-23(32)17-18-29(28)41-2)42(39,40)25-14-5-4-6-15-25/h4-7,10-11,14-19,24,27H,3,8-9,12-13,20-21H2,1-2H3,(H,34,38). The Morgan fingerprint density at radius 1 is 1.00 bits per heavy atom. The van der Waals surface area contributed by atoms with Crippen molar-refractivity contribution in [2.75, 3.05) is 18.0 Å². The number of rotatable bonds is 12. The number of amides is 2. The van der Waals surface area contributed by atoms with E-state index in [-0.39, 0.29) is 39.8 Å². The van der Waals surface area contributed by atoms with E-state index in [0.717, 1.165) is 30.0 Å². The van der Waals surface area contributed by atoms with E-state index in [0.29, 0.717) is 17.0 Å². The highest BCUT2D eigenvalue weighted by atomic mass is 35.5. The van der Waals surface area contributed by atoms with Crippen molar-refractivity contribution >= 4 is 50.7 Å². The second kappa shape index (κ2) is 14.3. The number of hydrogen-bond acceptors (Lipinski definition) is 5. The Morgan fingerprint density at radius 2 is 1.67 bits per heavy atom. The molecule has 1 saturated carbocycles. The molecule has 0 spiro atoms. The van der Waals surface area contributed by atoms with Crippen LogP contribution in [0.4, 0.5) is 5.69 Å². The lowest BCUT2D eigenvalue weighted by molar-refractivity contribution is -0.140. The van der Waals surface area contributed by atoms with Crippen molar-refractivity contribution in [1.29, 1.82) is 0 Å². The zero-order valence-electron chi connectivity index (χ0n) is 23.6. The second-order valence-electron chi connectivity index (χ2n) is 10.2. The number of carbonyl (C=O) groups excluding carboxylic acids is 2. The van der Waals surface area contributed by atoms with Crippen LogP contribution in [-0.4, -0.2) is 50.9 Å². The maximum absolute atomic E-state index is 14.3. The van der Waals surface area contributed by atoms with E-state index in [4.69, 9.17) is 27.9 Å². The predicted molar refractivity (Wildman–Crippen MR) is 165 cm³/mol. The number of hydrogen-bond donors (Lipinski definition) is 1. The zero-order chi connectivity index (χ0) is 30.3. The van der Waals surface area contributed by atoms with Crippen molar-refractivity contribution in [3.05, 3.63) is 88.4 Å². The molecule has 3 aromatic carbocycles. The van der Waals surface area contributed by atoms with Gasteiger partial charge in [0.2, 0.25) is 11.8 Å². The maximum atomic E-state index is 14.3. The van der Waals surface area contributed by atoms with Gasteiger partial charge in [-0.1, -0.05) is 79.4 Å². The molecule has 0 heterocycles. The van der Waals surface area contributed by atoms with Gasteiger partial charge in [-0.25, -0.2) is 8.42 Å². The number of benzene rings is 3. The maximum Gasteiger partial charge on any atom is 0.264 e. The number of methoxy groups -OCH3 is 1. The van der Waals surface area contributed by atoms with Gasteiger partial charge in [-0.15, -0.1) is 0 Å². The number of anilines is 1. The molecule has 1 atom stereocenters. The van der Waals surface area contributed by atoms with Crippen molar-refractivity contribution < 1.29 is 22.7 Å². The Balaban J connectivity index is 1.77. The van der Waals surface area contributed by atoms with Gasteiger partial charge in [0.05, 0.1) is 17.7 Å². The van der Waals surface area contributed by atoms with E-state index >= 15 is 0 Å². The predicted octanol–water partition coefficient (Wildman–Crippen LogP) is 6.06. The summed E-state index contributed by atoms with van der Waals surface area (Å²) in [6.45, 7) is 1.23. The number of nitrogens with one attached hydrogen (secondary N) is 1. The molecule has 1 fully saturated rings. The summed E-state index contributed by atoms with van der Waals surface area (Å²) in [4.78, 5) is 29.2. The third kappa shape index (κ3) is 7.38. The molecular formula is C31H35Cl2N3O5S. The van der Waals surface area contributed by atoms with Crippen LogP contribution in [0.15, 0.2) is 77.7 Å². The second-order valence-corrected chi connectivity index (χ2v) is 12.9. The molecule has 0 aromatic heterocycles. The van der Waals surface area contributed by atoms with Crippen LogP contribution in [0, 0.1) is 0 Å². The number of carbonyl (C=O) groups is 2. The summed E-state index contributed by atoms with van der Waals surface area (Å²) in [6.07, 6.45) is 4.17. The first-order chi connectivity index (χ1) is 20.1. The van der Waals surface area contributed by atoms with Crippen molar-refractivity contribution in [2.45, 2.75) is 62.6 Å². The van der Waals surface area contributed by atoms with Crippen LogP contribution in [0.25, 0.3) is 0 Å². The lowest BCUT2D eigenvalue weighted by Crippen LogP contribution is -2.53. The molecular weight excluding hydrogens is 597 g/mol. The SMILES string of the molecule is CCC(C(=O)NC1CCCC1)N(Cc1ccccc1Cl)C(=O)CN(c1cc(Cl)ccc1OC)S(=O)(=O)c1ccccc1. The smallest absolute Gasteiger partial charge is 0.264 e. The summed E-state index contributed by atoms with van der Waals surface area (Å²) in [5.74, 6) is -0.636. The molecule has 224 valence electrons. The minimum Gasteiger partial charge on any atom is -0.495 e. The van der Waals surface area contributed by atoms with E-state index in [1.807, 2.05) is 6.92 Å². The summed E-state index contributed by atoms with van der Waals surface area (Å²) in [7, 11) is -2.86. The normalized spacial score (nSPS) is 14.3. The molecule has 11 heteroatoms. The van der Waals surface area contributed by atoms with E-state index < -0.39 is 28.5 Å². The zero-order valence-corrected chi connectivity index (χ0v) is 26.0. The Morgan fingerprint density at radius 3 is 2.31 bits per heavy atom. The summed E-state index contributed by atoms with van der Waals surface area (Å²) in [5, 5.41) is 3.80. The van der Waals surface area contributed by atoms with Gasteiger partial charge in [0, 0.05) is 22.6 Å². The molecule has 0 aliphatic heterocycles. The van der Waals surface area contributed by atoms with Crippen molar-refractivity contribution in [1.82, 2.24) is 10.2 Å². The monoisotopic (exact) mass is 631 g/mol. The van der Waals surface area contributed by atoms with Gasteiger partial charge in [-0.2, -0.15) is 0 Å². The first-order valence-corrected chi connectivity index (χ1v) is 16.1. The molecule has 42 heavy (non-hydrogen) atoms. The fourth-order valence-electron chi connectivity index (χ4n) is 5.19. The molecule has 0 bridgehead atoms. The van der Waals surface area contributed by atoms with E-state index in [9.17, 15) is 18.0 Å². The van der Waals surface area contributed by atoms with Crippen LogP contribution in [0.3, 0.4) is 0 Å². The van der Waals surface area contributed by atoms with Crippen LogP contribution < -0.4 is 14.4 Å². The molecule has 1 unspecified atom stereocenters. The van der Waals surface area contributed by atoms with Crippen molar-refractivity contribution in [2.24, 2.45) is 0 Å². The molecule has 1 aliphatic carbocycles. The molecule has 1 aliphatic rings. The van der Waals surface area contributed by atoms with Crippen LogP contribution in [0.1, 0.15) is 44.6 Å². The van der Waals surface area contributed by atoms with E-state index in [2.05, 4.69) is 5.32 Å². The average molecular weight is 633 g/mol. The van der Waals surface area contributed by atoms with Gasteiger partial charge >= 0.3 is 0 Å². The van der Waals surface area contributed by atoms with Crippen molar-refractivity contribution in [3.63, 3.8) is 0 Å². The van der Waals surface area contributed by atoms with Gasteiger partial charge in [0.1, 0.15) is 18.3 Å². The van der Waals surface area contributed by atoms with Crippen LogP contribution >= 0.6 is 23.2 Å². The highest BCUT2D eigenvalue weighted by Gasteiger charge is 2.35. The summed E-state index contributed by atoms with van der Waals surface area (Å²) < 4.78 is 34.5. The van der Waals surface area contributed by atoms with Gasteiger partial charge < -0.3 is 15.0 Å². The van der Waals surface area contributed by atoms with Gasteiger partial charge in [0.25, 0.3) is 10.0 Å². The number of ether oxygens (including phenoxy) is 1. The molecule has 4 rings (SSSR count). The molecule has 3 aromatic rings. The third-order valence-corrected chi connectivity index (χ3v) is 9.78. The average Bonchev–Trinajstić information content (AvgIpc) is 3.50. The number of sulfonamides is 1. The fraction of sp³-hybridized carbons (Fsp3) is 0.355. The highest BCUT2D eigenvalue weighted by Crippen LogP contribution is 2.35. The molecule has 1 N–H and O–H groups in total. The van der Waals surface area contributed by atoms with Crippen molar-refractivity contribution in [3.8, 4) is 5.75 Å². The summed E-state index contributed by atoms with van der Waals surface area (Å²) in [6, 6.07) is 18.6. The quantitative estimate of drug-likeness (QED) is 0.262.